The Balaban J connectivity index is 1.71. The molecular weight excluding hydrogens is 391 g/mol. The molecule has 0 unspecified atom stereocenters. The third-order valence-corrected chi connectivity index (χ3v) is 6.08. The molecule has 0 bridgehead atoms. The number of amidine groups is 1. The highest BCUT2D eigenvalue weighted by atomic mass is 32.2. The first-order valence-corrected chi connectivity index (χ1v) is 10.2. The summed E-state index contributed by atoms with van der Waals surface area (Å²) >= 11 is 1.22. The summed E-state index contributed by atoms with van der Waals surface area (Å²) < 4.78 is 12.9. The van der Waals surface area contributed by atoms with Gasteiger partial charge in [0.05, 0.1) is 10.5 Å². The fourth-order valence-corrected chi connectivity index (χ4v) is 4.60. The number of hydrogen-bond acceptors (Lipinski definition) is 5. The fraction of sp³-hybridized carbons (Fsp3) is 0.286. The number of anilines is 1. The van der Waals surface area contributed by atoms with Gasteiger partial charge in [-0.05, 0) is 74.2 Å². The second kappa shape index (κ2) is 7.51. The number of hydrogen-bond donors (Lipinski definition) is 2. The van der Waals surface area contributed by atoms with Crippen molar-refractivity contribution in [2.45, 2.75) is 31.4 Å². The average Bonchev–Trinajstić information content (AvgIpc) is 2.69. The van der Waals surface area contributed by atoms with E-state index >= 15 is 0 Å². The van der Waals surface area contributed by atoms with Gasteiger partial charge in [-0.15, -0.1) is 0 Å². The second-order valence-corrected chi connectivity index (χ2v) is 9.10. The smallest absolute Gasteiger partial charge is 0.300 e. The fourth-order valence-electron chi connectivity index (χ4n) is 3.78. The van der Waals surface area contributed by atoms with Gasteiger partial charge in [0, 0.05) is 17.8 Å². The molecule has 29 heavy (non-hydrogen) atoms. The molecule has 2 aliphatic heterocycles. The van der Waals surface area contributed by atoms with E-state index in [2.05, 4.69) is 21.7 Å². The number of carbonyl (C=O) groups excluding carboxylic acids is 1. The minimum absolute atomic E-state index is 0.161. The molecule has 0 aliphatic carbocycles. The van der Waals surface area contributed by atoms with E-state index in [1.807, 2.05) is 30.9 Å². The van der Waals surface area contributed by atoms with Gasteiger partial charge in [-0.25, -0.2) is 9.82 Å². The van der Waals surface area contributed by atoms with Crippen molar-refractivity contribution in [2.75, 3.05) is 11.4 Å². The Labute approximate surface area is 172 Å². The highest BCUT2D eigenvalue weighted by Gasteiger charge is 2.34. The van der Waals surface area contributed by atoms with Gasteiger partial charge in [-0.2, -0.15) is 5.10 Å². The molecule has 2 aromatic rings. The van der Waals surface area contributed by atoms with E-state index in [1.54, 1.807) is 12.1 Å². The molecule has 2 aliphatic rings. The number of thioether (sulfide) groups is 1. The van der Waals surface area contributed by atoms with E-state index in [0.717, 1.165) is 35.4 Å². The summed E-state index contributed by atoms with van der Waals surface area (Å²) in [4.78, 5) is 13.6. The molecule has 0 fully saturated rings. The standard InChI is InChI=1S/C21H21FN4O2S/c1-21(2)18(23-24-20(27)29-21)15-7-10-17-14(12-15)4-3-11-26(17)19(25-28)13-5-8-16(22)9-6-13/h5-10,12,28H,3-4,11H2,1-2H3,(H,24,27)/b25-19-. The van der Waals surface area contributed by atoms with E-state index in [0.29, 0.717) is 17.9 Å². The molecule has 2 heterocycles. The van der Waals surface area contributed by atoms with Crippen molar-refractivity contribution in [1.82, 2.24) is 5.43 Å². The summed E-state index contributed by atoms with van der Waals surface area (Å²) in [5.41, 5.74) is 7.01. The number of carbonyl (C=O) groups is 1. The first-order chi connectivity index (χ1) is 13.9. The van der Waals surface area contributed by atoms with Crippen molar-refractivity contribution in [2.24, 2.45) is 10.3 Å². The number of aryl methyl sites for hydroxylation is 1. The number of nitrogens with zero attached hydrogens (tertiary/aromatic N) is 3. The van der Waals surface area contributed by atoms with E-state index in [-0.39, 0.29) is 11.1 Å². The predicted octanol–water partition coefficient (Wildman–Crippen LogP) is 4.35. The molecule has 0 atom stereocenters. The van der Waals surface area contributed by atoms with Crippen LogP contribution in [0.5, 0.6) is 0 Å². The monoisotopic (exact) mass is 412 g/mol. The number of oxime groups is 1. The largest absolute Gasteiger partial charge is 0.409 e. The number of fused-ring (bicyclic) bond motifs is 1. The number of amides is 1. The molecule has 2 aromatic carbocycles. The van der Waals surface area contributed by atoms with Gasteiger partial charge in [0.15, 0.2) is 5.84 Å². The molecule has 0 aromatic heterocycles. The molecular formula is C21H21FN4O2S. The quantitative estimate of drug-likeness (QED) is 0.333. The Morgan fingerprint density at radius 3 is 2.72 bits per heavy atom. The van der Waals surface area contributed by atoms with Gasteiger partial charge in [0.2, 0.25) is 0 Å². The van der Waals surface area contributed by atoms with Crippen LogP contribution in [0, 0.1) is 5.82 Å². The molecule has 4 rings (SSSR count). The molecule has 8 heteroatoms. The summed E-state index contributed by atoms with van der Waals surface area (Å²) in [6, 6.07) is 11.9. The summed E-state index contributed by atoms with van der Waals surface area (Å²) in [6.45, 7) is 4.65. The van der Waals surface area contributed by atoms with Crippen molar-refractivity contribution in [3.8, 4) is 0 Å². The zero-order chi connectivity index (χ0) is 20.6. The molecule has 2 N–H and O–H groups in total. The van der Waals surface area contributed by atoms with Crippen LogP contribution >= 0.6 is 11.8 Å². The Kier molecular flexibility index (Phi) is 5.04. The van der Waals surface area contributed by atoms with Crippen LogP contribution in [-0.4, -0.2) is 33.3 Å². The van der Waals surface area contributed by atoms with Gasteiger partial charge < -0.3 is 10.1 Å². The third kappa shape index (κ3) is 3.72. The lowest BCUT2D eigenvalue weighted by molar-refractivity contribution is 0.260. The van der Waals surface area contributed by atoms with E-state index in [4.69, 9.17) is 0 Å². The minimum atomic E-state index is -0.434. The number of rotatable bonds is 2. The lowest BCUT2D eigenvalue weighted by Gasteiger charge is -2.33. The van der Waals surface area contributed by atoms with Crippen molar-refractivity contribution < 1.29 is 14.4 Å². The summed E-state index contributed by atoms with van der Waals surface area (Å²) in [5, 5.41) is 17.3. The molecule has 0 saturated heterocycles. The molecule has 1 amide bonds. The van der Waals surface area contributed by atoms with Crippen molar-refractivity contribution in [1.29, 1.82) is 0 Å². The third-order valence-electron chi connectivity index (χ3n) is 5.10. The molecule has 6 nitrogen and oxygen atoms in total. The number of nitrogens with one attached hydrogen (secondary N) is 1. The van der Waals surface area contributed by atoms with Crippen molar-refractivity contribution in [3.63, 3.8) is 0 Å². The Bertz CT molecular complexity index is 1020. The van der Waals surface area contributed by atoms with E-state index in [9.17, 15) is 14.4 Å². The first-order valence-electron chi connectivity index (χ1n) is 9.35. The predicted molar refractivity (Wildman–Crippen MR) is 114 cm³/mol. The number of halogens is 1. The maximum Gasteiger partial charge on any atom is 0.300 e. The molecule has 150 valence electrons. The molecule has 0 saturated carbocycles. The average molecular weight is 412 g/mol. The van der Waals surface area contributed by atoms with Crippen LogP contribution in [0.15, 0.2) is 52.7 Å². The van der Waals surface area contributed by atoms with Crippen molar-refractivity contribution >= 4 is 34.2 Å². The number of hydrazone groups is 1. The second-order valence-electron chi connectivity index (χ2n) is 7.50. The number of benzene rings is 2. The van der Waals surface area contributed by atoms with E-state index < -0.39 is 4.75 Å². The van der Waals surface area contributed by atoms with Gasteiger partial charge in [-0.1, -0.05) is 23.0 Å². The highest BCUT2D eigenvalue weighted by molar-refractivity contribution is 8.15. The molecule has 0 spiro atoms. The summed E-state index contributed by atoms with van der Waals surface area (Å²) in [5.74, 6) is 0.0485. The van der Waals surface area contributed by atoms with Gasteiger partial charge in [0.1, 0.15) is 5.82 Å². The van der Waals surface area contributed by atoms with Crippen LogP contribution in [0.4, 0.5) is 14.9 Å². The lowest BCUT2D eigenvalue weighted by Crippen LogP contribution is -2.39. The summed E-state index contributed by atoms with van der Waals surface area (Å²) in [7, 11) is 0. The van der Waals surface area contributed by atoms with Crippen LogP contribution in [0.1, 0.15) is 37.0 Å². The summed E-state index contributed by atoms with van der Waals surface area (Å²) in [6.07, 6.45) is 1.77. The van der Waals surface area contributed by atoms with Crippen LogP contribution in [0.2, 0.25) is 0 Å². The SMILES string of the molecule is CC1(C)SC(=O)NN=C1c1ccc2c(c1)CCCN2/C(=N\O)c1ccc(F)cc1. The zero-order valence-corrected chi connectivity index (χ0v) is 17.0. The van der Waals surface area contributed by atoms with Crippen LogP contribution in [0.3, 0.4) is 0 Å². The Hall–Kier alpha value is -2.87. The minimum Gasteiger partial charge on any atom is -0.409 e. The molecule has 0 radical (unpaired) electrons. The Morgan fingerprint density at radius 1 is 1.28 bits per heavy atom. The zero-order valence-electron chi connectivity index (χ0n) is 16.1. The lowest BCUT2D eigenvalue weighted by atomic mass is 9.93. The van der Waals surface area contributed by atoms with E-state index in [1.165, 1.54) is 23.9 Å². The maximum atomic E-state index is 13.3. The van der Waals surface area contributed by atoms with Crippen LogP contribution in [-0.2, 0) is 6.42 Å². The van der Waals surface area contributed by atoms with Gasteiger partial charge in [-0.3, -0.25) is 4.79 Å². The Morgan fingerprint density at radius 2 is 2.03 bits per heavy atom. The topological polar surface area (TPSA) is 77.3 Å². The maximum absolute atomic E-state index is 13.3. The van der Waals surface area contributed by atoms with Crippen LogP contribution < -0.4 is 10.3 Å². The van der Waals surface area contributed by atoms with Gasteiger partial charge in [0.25, 0.3) is 5.24 Å². The highest BCUT2D eigenvalue weighted by Crippen LogP contribution is 2.35. The normalized spacial score (nSPS) is 18.7. The van der Waals surface area contributed by atoms with Gasteiger partial charge >= 0.3 is 0 Å². The van der Waals surface area contributed by atoms with Crippen molar-refractivity contribution in [3.05, 3.63) is 65.0 Å². The first kappa shape index (κ1) is 19.4. The van der Waals surface area contributed by atoms with Crippen LogP contribution in [0.25, 0.3) is 0 Å².